The number of hydrogen-bond acceptors (Lipinski definition) is 6. The Morgan fingerprint density at radius 1 is 1.11 bits per heavy atom. The molecule has 0 unspecified atom stereocenters. The minimum Gasteiger partial charge on any atom is -0.394 e. The second-order valence-corrected chi connectivity index (χ2v) is 6.89. The average molecular weight is 370 g/mol. The number of piperidine rings is 1. The molecule has 1 saturated heterocycles. The van der Waals surface area contributed by atoms with E-state index in [-0.39, 0.29) is 12.7 Å². The molecule has 0 amide bonds. The molecule has 7 nitrogen and oxygen atoms in total. The number of aliphatic hydroxyl groups excluding tert-OH is 1. The first-order chi connectivity index (χ1) is 13.3. The molecule has 1 aliphatic heterocycles. The van der Waals surface area contributed by atoms with Gasteiger partial charge >= 0.3 is 0 Å². The van der Waals surface area contributed by atoms with Gasteiger partial charge < -0.3 is 24.0 Å². The number of aliphatic hydroxyl groups is 1. The Bertz CT molecular complexity index is 903. The van der Waals surface area contributed by atoms with Gasteiger partial charge in [0.15, 0.2) is 0 Å². The molecule has 0 saturated carbocycles. The predicted octanol–water partition coefficient (Wildman–Crippen LogP) is 2.12. The quantitative estimate of drug-likeness (QED) is 0.642. The number of aromatic nitrogens is 3. The van der Waals surface area contributed by atoms with Crippen molar-refractivity contribution in [3.05, 3.63) is 30.6 Å². The summed E-state index contributed by atoms with van der Waals surface area (Å²) >= 11 is 0. The Labute approximate surface area is 158 Å². The Morgan fingerprint density at radius 3 is 2.78 bits per heavy atom. The topological polar surface area (TPSA) is 72.6 Å². The van der Waals surface area contributed by atoms with Crippen LogP contribution in [0.5, 0.6) is 0 Å². The summed E-state index contributed by atoms with van der Waals surface area (Å²) in [6, 6.07) is 6.30. The third-order valence-corrected chi connectivity index (χ3v) is 5.21. The van der Waals surface area contributed by atoms with Crippen molar-refractivity contribution in [1.29, 1.82) is 0 Å². The summed E-state index contributed by atoms with van der Waals surface area (Å²) in [6.45, 7) is 3.43. The van der Waals surface area contributed by atoms with E-state index in [1.54, 1.807) is 0 Å². The van der Waals surface area contributed by atoms with E-state index in [4.69, 9.17) is 19.6 Å². The van der Waals surface area contributed by atoms with E-state index in [2.05, 4.69) is 33.6 Å². The number of anilines is 1. The third-order valence-electron chi connectivity index (χ3n) is 5.21. The zero-order valence-corrected chi connectivity index (χ0v) is 15.7. The first kappa shape index (κ1) is 18.2. The molecule has 0 spiro atoms. The molecule has 7 heteroatoms. The van der Waals surface area contributed by atoms with Crippen molar-refractivity contribution >= 4 is 27.8 Å². The van der Waals surface area contributed by atoms with Gasteiger partial charge in [-0.05, 0) is 31.0 Å². The van der Waals surface area contributed by atoms with Gasteiger partial charge in [-0.3, -0.25) is 4.98 Å². The fourth-order valence-electron chi connectivity index (χ4n) is 3.77. The summed E-state index contributed by atoms with van der Waals surface area (Å²) < 4.78 is 13.3. The van der Waals surface area contributed by atoms with Crippen molar-refractivity contribution in [2.24, 2.45) is 7.05 Å². The number of nitrogens with zero attached hydrogens (tertiary/aromatic N) is 4. The Kier molecular flexibility index (Phi) is 5.52. The van der Waals surface area contributed by atoms with E-state index in [1.165, 1.54) is 0 Å². The van der Waals surface area contributed by atoms with Crippen molar-refractivity contribution < 1.29 is 14.6 Å². The maximum atomic E-state index is 8.69. The Balaban J connectivity index is 1.40. The second kappa shape index (κ2) is 8.21. The summed E-state index contributed by atoms with van der Waals surface area (Å²) in [7, 11) is 2.06. The van der Waals surface area contributed by atoms with E-state index < -0.39 is 0 Å². The molecule has 0 aliphatic carbocycles. The smallest absolute Gasteiger partial charge is 0.143 e. The molecule has 3 aromatic rings. The van der Waals surface area contributed by atoms with Crippen LogP contribution in [0.15, 0.2) is 30.6 Å². The number of ether oxygens (including phenoxy) is 2. The Hall–Kier alpha value is -2.22. The first-order valence-corrected chi connectivity index (χ1v) is 9.52. The molecule has 1 aliphatic rings. The first-order valence-electron chi connectivity index (χ1n) is 9.52. The molecule has 0 atom stereocenters. The van der Waals surface area contributed by atoms with Crippen LogP contribution in [0.25, 0.3) is 21.9 Å². The number of hydrogen-bond donors (Lipinski definition) is 1. The van der Waals surface area contributed by atoms with Crippen LogP contribution in [0.3, 0.4) is 0 Å². The maximum Gasteiger partial charge on any atom is 0.143 e. The van der Waals surface area contributed by atoms with E-state index in [0.29, 0.717) is 19.8 Å². The molecule has 0 bridgehead atoms. The zero-order chi connectivity index (χ0) is 18.6. The normalized spacial score (nSPS) is 15.9. The molecule has 3 aromatic heterocycles. The van der Waals surface area contributed by atoms with Crippen molar-refractivity contribution in [3.8, 4) is 0 Å². The summed E-state index contributed by atoms with van der Waals surface area (Å²) in [5, 5.41) is 11.0. The lowest BCUT2D eigenvalue weighted by Crippen LogP contribution is -2.37. The maximum absolute atomic E-state index is 8.69. The highest BCUT2D eigenvalue weighted by Crippen LogP contribution is 2.29. The summed E-state index contributed by atoms with van der Waals surface area (Å²) in [5.74, 6) is 1.02. The molecule has 0 aromatic carbocycles. The van der Waals surface area contributed by atoms with Crippen LogP contribution in [0, 0.1) is 0 Å². The monoisotopic (exact) mass is 370 g/mol. The molecule has 144 valence electrons. The van der Waals surface area contributed by atoms with E-state index >= 15 is 0 Å². The van der Waals surface area contributed by atoms with Crippen LogP contribution in [-0.4, -0.2) is 65.3 Å². The fraction of sp³-hybridized carbons (Fsp3) is 0.500. The van der Waals surface area contributed by atoms with Crippen LogP contribution in [0.1, 0.15) is 12.8 Å². The summed E-state index contributed by atoms with van der Waals surface area (Å²) in [5.41, 5.74) is 2.15. The van der Waals surface area contributed by atoms with Gasteiger partial charge in [0.05, 0.1) is 38.0 Å². The van der Waals surface area contributed by atoms with Crippen LogP contribution < -0.4 is 4.90 Å². The van der Waals surface area contributed by atoms with Gasteiger partial charge in [0.2, 0.25) is 0 Å². The van der Waals surface area contributed by atoms with Gasteiger partial charge in [-0.25, -0.2) is 4.98 Å². The van der Waals surface area contributed by atoms with Crippen molar-refractivity contribution in [2.75, 3.05) is 44.4 Å². The van der Waals surface area contributed by atoms with E-state index in [0.717, 1.165) is 53.7 Å². The molecule has 1 N–H and O–H groups in total. The van der Waals surface area contributed by atoms with Gasteiger partial charge in [0.1, 0.15) is 11.5 Å². The highest BCUT2D eigenvalue weighted by Gasteiger charge is 2.21. The molecule has 4 rings (SSSR count). The minimum absolute atomic E-state index is 0.0585. The molecule has 1 fully saturated rings. The predicted molar refractivity (Wildman–Crippen MR) is 105 cm³/mol. The molecule has 0 radical (unpaired) electrons. The number of aryl methyl sites for hydroxylation is 1. The van der Waals surface area contributed by atoms with Gasteiger partial charge in [0.25, 0.3) is 0 Å². The highest BCUT2D eigenvalue weighted by atomic mass is 16.5. The summed E-state index contributed by atoms with van der Waals surface area (Å²) in [4.78, 5) is 11.5. The van der Waals surface area contributed by atoms with Crippen molar-refractivity contribution in [3.63, 3.8) is 0 Å². The average Bonchev–Trinajstić information content (AvgIpc) is 3.00. The fourth-order valence-corrected chi connectivity index (χ4v) is 3.77. The molecule has 27 heavy (non-hydrogen) atoms. The molecular formula is C20H26N4O3. The zero-order valence-electron chi connectivity index (χ0n) is 15.7. The Morgan fingerprint density at radius 2 is 1.96 bits per heavy atom. The van der Waals surface area contributed by atoms with Crippen LogP contribution in [0.2, 0.25) is 0 Å². The van der Waals surface area contributed by atoms with Crippen molar-refractivity contribution in [2.45, 2.75) is 18.9 Å². The third kappa shape index (κ3) is 3.76. The number of fused-ring (bicyclic) bond motifs is 3. The van der Waals surface area contributed by atoms with Crippen LogP contribution >= 0.6 is 0 Å². The van der Waals surface area contributed by atoms with Crippen LogP contribution in [-0.2, 0) is 16.5 Å². The highest BCUT2D eigenvalue weighted by molar-refractivity contribution is 6.06. The number of rotatable bonds is 7. The molecular weight excluding hydrogens is 344 g/mol. The van der Waals surface area contributed by atoms with Gasteiger partial charge in [-0.2, -0.15) is 0 Å². The van der Waals surface area contributed by atoms with E-state index in [1.807, 2.05) is 18.5 Å². The lowest BCUT2D eigenvalue weighted by Gasteiger charge is -2.32. The lowest BCUT2D eigenvalue weighted by atomic mass is 10.1. The lowest BCUT2D eigenvalue weighted by molar-refractivity contribution is -0.0106. The SMILES string of the molecule is Cn1c2ccncc2c2ccc(N3CCC(OCCOCCO)CC3)nc21. The van der Waals surface area contributed by atoms with E-state index in [9.17, 15) is 0 Å². The molecule has 4 heterocycles. The van der Waals surface area contributed by atoms with Gasteiger partial charge in [0, 0.05) is 43.3 Å². The van der Waals surface area contributed by atoms with Gasteiger partial charge in [-0.15, -0.1) is 0 Å². The second-order valence-electron chi connectivity index (χ2n) is 6.89. The minimum atomic E-state index is 0.0585. The standard InChI is InChI=1S/C20H26N4O3/c1-23-18-4-7-21-14-17(18)16-2-3-19(22-20(16)23)24-8-5-15(6-9-24)27-13-12-26-11-10-25/h2-4,7,14-15,25H,5-6,8-13H2,1H3. The largest absolute Gasteiger partial charge is 0.394 e. The number of pyridine rings is 2. The summed E-state index contributed by atoms with van der Waals surface area (Å²) in [6.07, 6.45) is 5.97. The van der Waals surface area contributed by atoms with Crippen molar-refractivity contribution in [1.82, 2.24) is 14.5 Å². The van der Waals surface area contributed by atoms with Gasteiger partial charge in [-0.1, -0.05) is 0 Å². The van der Waals surface area contributed by atoms with Crippen LogP contribution in [0.4, 0.5) is 5.82 Å².